The first kappa shape index (κ1) is 16.0. The SMILES string of the molecule is CCCCC1CC[C](OOC(=O)c2cccc(C)c2)CC1. The zero-order chi connectivity index (χ0) is 15.1. The normalized spacial score (nSPS) is 16.9. The van der Waals surface area contributed by atoms with Gasteiger partial charge in [-0.3, -0.25) is 4.89 Å². The molecule has 1 aromatic carbocycles. The molecule has 115 valence electrons. The highest BCUT2D eigenvalue weighted by Gasteiger charge is 2.24. The Labute approximate surface area is 127 Å². The maximum absolute atomic E-state index is 11.9. The molecule has 2 rings (SSSR count). The number of unbranched alkanes of at least 4 members (excludes halogenated alkanes) is 1. The second-order valence-electron chi connectivity index (χ2n) is 5.95. The molecule has 0 saturated heterocycles. The van der Waals surface area contributed by atoms with Gasteiger partial charge in [-0.1, -0.05) is 43.9 Å². The summed E-state index contributed by atoms with van der Waals surface area (Å²) in [6.45, 7) is 4.18. The van der Waals surface area contributed by atoms with Crippen molar-refractivity contribution in [2.45, 2.75) is 58.8 Å². The third kappa shape index (κ3) is 5.16. The highest BCUT2D eigenvalue weighted by molar-refractivity contribution is 5.89. The summed E-state index contributed by atoms with van der Waals surface area (Å²) >= 11 is 0. The summed E-state index contributed by atoms with van der Waals surface area (Å²) in [6, 6.07) is 7.34. The van der Waals surface area contributed by atoms with Gasteiger partial charge in [-0.2, -0.15) is 4.89 Å². The first-order valence-electron chi connectivity index (χ1n) is 7.99. The van der Waals surface area contributed by atoms with Crippen LogP contribution in [0.3, 0.4) is 0 Å². The van der Waals surface area contributed by atoms with Crippen LogP contribution in [0, 0.1) is 18.9 Å². The number of aryl methyl sites for hydroxylation is 1. The molecule has 3 nitrogen and oxygen atoms in total. The molecule has 0 N–H and O–H groups in total. The summed E-state index contributed by atoms with van der Waals surface area (Å²) in [5.41, 5.74) is 1.57. The summed E-state index contributed by atoms with van der Waals surface area (Å²) in [5, 5.41) is 0. The monoisotopic (exact) mass is 289 g/mol. The van der Waals surface area contributed by atoms with Crippen LogP contribution < -0.4 is 0 Å². The van der Waals surface area contributed by atoms with Crippen molar-refractivity contribution in [1.82, 2.24) is 0 Å². The van der Waals surface area contributed by atoms with E-state index < -0.39 is 5.97 Å². The first-order valence-corrected chi connectivity index (χ1v) is 7.99. The number of benzene rings is 1. The highest BCUT2D eigenvalue weighted by atomic mass is 17.2. The molecule has 0 aliphatic heterocycles. The van der Waals surface area contributed by atoms with Crippen molar-refractivity contribution in [3.8, 4) is 0 Å². The number of rotatable bonds is 6. The van der Waals surface area contributed by atoms with Crippen molar-refractivity contribution < 1.29 is 14.6 Å². The second-order valence-corrected chi connectivity index (χ2v) is 5.95. The smallest absolute Gasteiger partial charge is 0.292 e. The minimum Gasteiger partial charge on any atom is -0.292 e. The van der Waals surface area contributed by atoms with Crippen LogP contribution in [0.4, 0.5) is 0 Å². The van der Waals surface area contributed by atoms with E-state index in [9.17, 15) is 4.79 Å². The molecule has 21 heavy (non-hydrogen) atoms. The zero-order valence-electron chi connectivity index (χ0n) is 13.1. The molecule has 3 heteroatoms. The van der Waals surface area contributed by atoms with Crippen molar-refractivity contribution in [2.75, 3.05) is 0 Å². The lowest BCUT2D eigenvalue weighted by atomic mass is 9.84. The molecule has 1 saturated carbocycles. The Balaban J connectivity index is 1.71. The van der Waals surface area contributed by atoms with E-state index in [1.54, 1.807) is 12.1 Å². The molecule has 0 aromatic heterocycles. The number of carbonyl (C=O) groups is 1. The zero-order valence-corrected chi connectivity index (χ0v) is 13.1. The van der Waals surface area contributed by atoms with Crippen LogP contribution in [0.1, 0.15) is 67.8 Å². The Morgan fingerprint density at radius 2 is 2.05 bits per heavy atom. The largest absolute Gasteiger partial charge is 0.373 e. The average Bonchev–Trinajstić information content (AvgIpc) is 2.51. The van der Waals surface area contributed by atoms with Gasteiger partial charge in [-0.05, 0) is 50.7 Å². The molecule has 0 amide bonds. The van der Waals surface area contributed by atoms with E-state index in [-0.39, 0.29) is 0 Å². The fraction of sp³-hybridized carbons (Fsp3) is 0.556. The predicted octanol–water partition coefficient (Wildman–Crippen LogP) is 5.00. The van der Waals surface area contributed by atoms with Gasteiger partial charge in [-0.15, -0.1) is 0 Å². The van der Waals surface area contributed by atoms with E-state index in [4.69, 9.17) is 9.78 Å². The standard InChI is InChI=1S/C18H25O3/c1-3-4-7-15-9-11-17(12-10-15)20-21-18(19)16-8-5-6-14(2)13-16/h5-6,8,13,15H,3-4,7,9-12H2,1-2H3. The number of carbonyl (C=O) groups excluding carboxylic acids is 1. The average molecular weight is 289 g/mol. The minimum absolute atomic E-state index is 0.417. The van der Waals surface area contributed by atoms with Crippen molar-refractivity contribution in [3.63, 3.8) is 0 Å². The Morgan fingerprint density at radius 3 is 2.71 bits per heavy atom. The summed E-state index contributed by atoms with van der Waals surface area (Å²) in [4.78, 5) is 22.1. The molecule has 1 aromatic rings. The third-order valence-corrected chi connectivity index (χ3v) is 4.12. The molecular weight excluding hydrogens is 264 g/mol. The molecule has 1 radical (unpaired) electrons. The molecule has 1 aliphatic rings. The van der Waals surface area contributed by atoms with Crippen LogP contribution in [0.2, 0.25) is 0 Å². The Bertz CT molecular complexity index is 448. The van der Waals surface area contributed by atoms with Gasteiger partial charge in [0, 0.05) is 0 Å². The van der Waals surface area contributed by atoms with Crippen molar-refractivity contribution in [2.24, 2.45) is 5.92 Å². The number of hydrogen-bond donors (Lipinski definition) is 0. The van der Waals surface area contributed by atoms with Gasteiger partial charge in [0.2, 0.25) is 0 Å². The highest BCUT2D eigenvalue weighted by Crippen LogP contribution is 2.33. The van der Waals surface area contributed by atoms with E-state index in [1.807, 2.05) is 19.1 Å². The van der Waals surface area contributed by atoms with Crippen LogP contribution >= 0.6 is 0 Å². The lowest BCUT2D eigenvalue weighted by molar-refractivity contribution is -0.240. The van der Waals surface area contributed by atoms with Crippen molar-refractivity contribution in [1.29, 1.82) is 0 Å². The molecule has 0 unspecified atom stereocenters. The third-order valence-electron chi connectivity index (χ3n) is 4.12. The van der Waals surface area contributed by atoms with E-state index in [0.717, 1.165) is 43.3 Å². The Hall–Kier alpha value is -1.35. The van der Waals surface area contributed by atoms with Crippen LogP contribution in [0.15, 0.2) is 24.3 Å². The van der Waals surface area contributed by atoms with Crippen LogP contribution in [-0.4, -0.2) is 5.97 Å². The van der Waals surface area contributed by atoms with Gasteiger partial charge in [0.1, 0.15) is 6.10 Å². The molecule has 0 heterocycles. The molecular formula is C18H25O3. The molecule has 0 spiro atoms. The van der Waals surface area contributed by atoms with Gasteiger partial charge in [0.25, 0.3) is 0 Å². The van der Waals surface area contributed by atoms with Gasteiger partial charge >= 0.3 is 5.97 Å². The maximum Gasteiger partial charge on any atom is 0.373 e. The summed E-state index contributed by atoms with van der Waals surface area (Å²) < 4.78 is 0. The molecule has 1 fully saturated rings. The maximum atomic E-state index is 11.9. The Morgan fingerprint density at radius 1 is 1.29 bits per heavy atom. The van der Waals surface area contributed by atoms with Crippen molar-refractivity contribution >= 4 is 5.97 Å². The predicted molar refractivity (Wildman–Crippen MR) is 82.4 cm³/mol. The van der Waals surface area contributed by atoms with E-state index in [0.29, 0.717) is 5.56 Å². The minimum atomic E-state index is -0.417. The van der Waals surface area contributed by atoms with Crippen LogP contribution in [0.25, 0.3) is 0 Å². The fourth-order valence-electron chi connectivity index (χ4n) is 2.78. The van der Waals surface area contributed by atoms with Crippen LogP contribution in [-0.2, 0) is 9.78 Å². The Kier molecular flexibility index (Phi) is 6.24. The van der Waals surface area contributed by atoms with Crippen LogP contribution in [0.5, 0.6) is 0 Å². The van der Waals surface area contributed by atoms with Gasteiger partial charge in [-0.25, -0.2) is 4.79 Å². The lowest BCUT2D eigenvalue weighted by Gasteiger charge is -2.26. The summed E-state index contributed by atoms with van der Waals surface area (Å²) in [7, 11) is 0. The van der Waals surface area contributed by atoms with Gasteiger partial charge in [0.15, 0.2) is 0 Å². The van der Waals surface area contributed by atoms with E-state index in [2.05, 4.69) is 6.92 Å². The lowest BCUT2D eigenvalue weighted by Crippen LogP contribution is -2.17. The summed E-state index contributed by atoms with van der Waals surface area (Å²) in [5.74, 6) is 0.393. The molecule has 1 aliphatic carbocycles. The van der Waals surface area contributed by atoms with Crippen molar-refractivity contribution in [3.05, 3.63) is 41.5 Å². The quantitative estimate of drug-likeness (QED) is 0.546. The fourth-order valence-corrected chi connectivity index (χ4v) is 2.78. The van der Waals surface area contributed by atoms with Gasteiger partial charge in [0.05, 0.1) is 5.56 Å². The molecule has 0 atom stereocenters. The first-order chi connectivity index (χ1) is 10.2. The molecule has 0 bridgehead atoms. The summed E-state index contributed by atoms with van der Waals surface area (Å²) in [6.07, 6.45) is 8.91. The van der Waals surface area contributed by atoms with E-state index >= 15 is 0 Å². The van der Waals surface area contributed by atoms with Gasteiger partial charge < -0.3 is 0 Å². The second kappa shape index (κ2) is 8.18. The number of hydrogen-bond acceptors (Lipinski definition) is 3. The van der Waals surface area contributed by atoms with E-state index in [1.165, 1.54) is 19.3 Å². The topological polar surface area (TPSA) is 35.5 Å².